The third-order valence-corrected chi connectivity index (χ3v) is 3.27. The van der Waals surface area contributed by atoms with Gasteiger partial charge in [-0.2, -0.15) is 0 Å². The molecule has 0 aromatic heterocycles. The molecule has 0 spiro atoms. The number of rotatable bonds is 2. The zero-order valence-electron chi connectivity index (χ0n) is 8.75. The number of likely N-dealkylation sites (N-methyl/N-ethyl adjacent to an activating group) is 1. The maximum Gasteiger partial charge on any atom is 0.228 e. The van der Waals surface area contributed by atoms with Crippen LogP contribution in [0.15, 0.2) is 0 Å². The van der Waals surface area contributed by atoms with Crippen LogP contribution < -0.4 is 10.6 Å². The first-order valence-electron chi connectivity index (χ1n) is 5.48. The Bertz CT molecular complexity index is 215. The van der Waals surface area contributed by atoms with Crippen molar-refractivity contribution in [2.75, 3.05) is 33.2 Å². The zero-order chi connectivity index (χ0) is 9.97. The normalized spacial score (nSPS) is 28.6. The summed E-state index contributed by atoms with van der Waals surface area (Å²) in [7, 11) is 1.98. The van der Waals surface area contributed by atoms with E-state index >= 15 is 0 Å². The lowest BCUT2D eigenvalue weighted by atomic mass is 9.98. The summed E-state index contributed by atoms with van der Waals surface area (Å²) in [6, 6.07) is 0.501. The van der Waals surface area contributed by atoms with E-state index in [2.05, 4.69) is 10.6 Å². The van der Waals surface area contributed by atoms with Crippen LogP contribution in [0.4, 0.5) is 0 Å². The topological polar surface area (TPSA) is 44.4 Å². The Morgan fingerprint density at radius 2 is 2.29 bits per heavy atom. The molecule has 2 rings (SSSR count). The molecule has 2 aliphatic rings. The van der Waals surface area contributed by atoms with E-state index in [-0.39, 0.29) is 5.92 Å². The molecular weight excluding hydrogens is 178 g/mol. The Hall–Kier alpha value is -0.610. The van der Waals surface area contributed by atoms with Crippen LogP contribution in [0.25, 0.3) is 0 Å². The van der Waals surface area contributed by atoms with E-state index in [1.165, 1.54) is 6.42 Å². The fourth-order valence-electron chi connectivity index (χ4n) is 2.13. The zero-order valence-corrected chi connectivity index (χ0v) is 8.75. The van der Waals surface area contributed by atoms with Crippen molar-refractivity contribution in [3.8, 4) is 0 Å². The molecule has 14 heavy (non-hydrogen) atoms. The van der Waals surface area contributed by atoms with Gasteiger partial charge in [0.2, 0.25) is 5.91 Å². The van der Waals surface area contributed by atoms with Crippen LogP contribution in [0.1, 0.15) is 12.8 Å². The molecule has 4 heteroatoms. The minimum absolute atomic E-state index is 0.255. The quantitative estimate of drug-likeness (QED) is 0.622. The SMILES string of the molecule is CNC1CCCN(C(=O)C2CNC2)C1. The maximum atomic E-state index is 11.9. The van der Waals surface area contributed by atoms with Gasteiger partial charge in [-0.1, -0.05) is 0 Å². The molecule has 1 atom stereocenters. The van der Waals surface area contributed by atoms with Gasteiger partial charge in [-0.05, 0) is 19.9 Å². The molecule has 80 valence electrons. The summed E-state index contributed by atoms with van der Waals surface area (Å²) in [6.45, 7) is 3.60. The van der Waals surface area contributed by atoms with Crippen molar-refractivity contribution in [2.24, 2.45) is 5.92 Å². The molecule has 2 heterocycles. The number of likely N-dealkylation sites (tertiary alicyclic amines) is 1. The largest absolute Gasteiger partial charge is 0.341 e. The van der Waals surface area contributed by atoms with Gasteiger partial charge < -0.3 is 15.5 Å². The van der Waals surface area contributed by atoms with Gasteiger partial charge >= 0.3 is 0 Å². The van der Waals surface area contributed by atoms with Crippen LogP contribution in [-0.2, 0) is 4.79 Å². The Morgan fingerprint density at radius 1 is 1.50 bits per heavy atom. The fraction of sp³-hybridized carbons (Fsp3) is 0.900. The number of nitrogens with one attached hydrogen (secondary N) is 2. The number of nitrogens with zero attached hydrogens (tertiary/aromatic N) is 1. The van der Waals surface area contributed by atoms with E-state index in [1.54, 1.807) is 0 Å². The number of hydrogen-bond acceptors (Lipinski definition) is 3. The highest BCUT2D eigenvalue weighted by molar-refractivity contribution is 5.80. The Kier molecular flexibility index (Phi) is 3.03. The van der Waals surface area contributed by atoms with Gasteiger partial charge in [0, 0.05) is 32.2 Å². The number of piperidine rings is 1. The third-order valence-electron chi connectivity index (χ3n) is 3.27. The van der Waals surface area contributed by atoms with Gasteiger partial charge in [0.15, 0.2) is 0 Å². The van der Waals surface area contributed by atoms with E-state index in [9.17, 15) is 4.79 Å². The molecule has 1 amide bonds. The molecule has 2 saturated heterocycles. The van der Waals surface area contributed by atoms with Crippen molar-refractivity contribution in [3.63, 3.8) is 0 Å². The van der Waals surface area contributed by atoms with Gasteiger partial charge in [-0.15, -0.1) is 0 Å². The van der Waals surface area contributed by atoms with Crippen LogP contribution >= 0.6 is 0 Å². The number of carbonyl (C=O) groups is 1. The first kappa shape index (κ1) is 9.93. The number of amides is 1. The summed E-state index contributed by atoms with van der Waals surface area (Å²) >= 11 is 0. The molecule has 0 radical (unpaired) electrons. The van der Waals surface area contributed by atoms with Gasteiger partial charge in [0.25, 0.3) is 0 Å². The smallest absolute Gasteiger partial charge is 0.228 e. The Labute approximate surface area is 85.0 Å². The molecule has 0 saturated carbocycles. The molecule has 0 bridgehead atoms. The predicted octanol–water partition coefficient (Wildman–Crippen LogP) is -0.584. The summed E-state index contributed by atoms with van der Waals surface area (Å²) in [6.07, 6.45) is 2.33. The van der Waals surface area contributed by atoms with E-state index in [1.807, 2.05) is 11.9 Å². The summed E-state index contributed by atoms with van der Waals surface area (Å²) in [5, 5.41) is 6.40. The first-order chi connectivity index (χ1) is 6.81. The minimum Gasteiger partial charge on any atom is -0.341 e. The van der Waals surface area contributed by atoms with Crippen LogP contribution in [0.2, 0.25) is 0 Å². The van der Waals surface area contributed by atoms with Crippen LogP contribution in [0, 0.1) is 5.92 Å². The van der Waals surface area contributed by atoms with Crippen molar-refractivity contribution in [1.29, 1.82) is 0 Å². The predicted molar refractivity (Wildman–Crippen MR) is 55.0 cm³/mol. The van der Waals surface area contributed by atoms with Crippen molar-refractivity contribution >= 4 is 5.91 Å². The fourth-order valence-corrected chi connectivity index (χ4v) is 2.13. The second-order valence-electron chi connectivity index (χ2n) is 4.27. The molecular formula is C10H19N3O. The highest BCUT2D eigenvalue weighted by atomic mass is 16.2. The van der Waals surface area contributed by atoms with E-state index in [0.717, 1.165) is 32.6 Å². The highest BCUT2D eigenvalue weighted by Crippen LogP contribution is 2.14. The Balaban J connectivity index is 1.86. The molecule has 0 aliphatic carbocycles. The lowest BCUT2D eigenvalue weighted by molar-refractivity contribution is -0.138. The van der Waals surface area contributed by atoms with E-state index < -0.39 is 0 Å². The minimum atomic E-state index is 0.255. The molecule has 4 nitrogen and oxygen atoms in total. The van der Waals surface area contributed by atoms with Gasteiger partial charge in [0.1, 0.15) is 0 Å². The molecule has 2 aliphatic heterocycles. The highest BCUT2D eigenvalue weighted by Gasteiger charge is 2.31. The molecule has 0 aromatic carbocycles. The van der Waals surface area contributed by atoms with Crippen molar-refractivity contribution in [2.45, 2.75) is 18.9 Å². The second-order valence-corrected chi connectivity index (χ2v) is 4.27. The average Bonchev–Trinajstić information content (AvgIpc) is 2.15. The summed E-state index contributed by atoms with van der Waals surface area (Å²) in [5.41, 5.74) is 0. The van der Waals surface area contributed by atoms with Crippen LogP contribution in [0.5, 0.6) is 0 Å². The summed E-state index contributed by atoms with van der Waals surface area (Å²) in [5.74, 6) is 0.606. The van der Waals surface area contributed by atoms with Crippen LogP contribution in [0.3, 0.4) is 0 Å². The molecule has 0 aromatic rings. The monoisotopic (exact) mass is 197 g/mol. The lowest BCUT2D eigenvalue weighted by Gasteiger charge is -2.37. The molecule has 1 unspecified atom stereocenters. The summed E-state index contributed by atoms with van der Waals surface area (Å²) in [4.78, 5) is 13.9. The standard InChI is InChI=1S/C10H19N3O/c1-11-9-3-2-4-13(7-9)10(14)8-5-12-6-8/h8-9,11-12H,2-7H2,1H3. The van der Waals surface area contributed by atoms with Crippen molar-refractivity contribution < 1.29 is 4.79 Å². The number of carbonyl (C=O) groups excluding carboxylic acids is 1. The lowest BCUT2D eigenvalue weighted by Crippen LogP contribution is -2.55. The van der Waals surface area contributed by atoms with Gasteiger partial charge in [-0.25, -0.2) is 0 Å². The van der Waals surface area contributed by atoms with Crippen molar-refractivity contribution in [1.82, 2.24) is 15.5 Å². The van der Waals surface area contributed by atoms with Gasteiger partial charge in [-0.3, -0.25) is 4.79 Å². The first-order valence-corrected chi connectivity index (χ1v) is 5.48. The Morgan fingerprint density at radius 3 is 2.86 bits per heavy atom. The molecule has 2 N–H and O–H groups in total. The average molecular weight is 197 g/mol. The third kappa shape index (κ3) is 1.91. The van der Waals surface area contributed by atoms with Gasteiger partial charge in [0.05, 0.1) is 5.92 Å². The van der Waals surface area contributed by atoms with Crippen molar-refractivity contribution in [3.05, 3.63) is 0 Å². The van der Waals surface area contributed by atoms with Crippen LogP contribution in [-0.4, -0.2) is 50.1 Å². The molecule has 2 fully saturated rings. The maximum absolute atomic E-state index is 11.9. The van der Waals surface area contributed by atoms with E-state index in [0.29, 0.717) is 11.9 Å². The summed E-state index contributed by atoms with van der Waals surface area (Å²) < 4.78 is 0. The van der Waals surface area contributed by atoms with E-state index in [4.69, 9.17) is 0 Å². The number of hydrogen-bond donors (Lipinski definition) is 2. The second kappa shape index (κ2) is 4.28.